The van der Waals surface area contributed by atoms with Gasteiger partial charge in [-0.15, -0.1) is 0 Å². The topological polar surface area (TPSA) is 50.4 Å². The fraction of sp³-hybridized carbons (Fsp3) is 0.923. The van der Waals surface area contributed by atoms with Crippen molar-refractivity contribution in [1.82, 2.24) is 10.6 Å². The molecule has 0 bridgehead atoms. The highest BCUT2D eigenvalue weighted by molar-refractivity contribution is 5.76. The van der Waals surface area contributed by atoms with Crippen LogP contribution in [0.1, 0.15) is 44.9 Å². The van der Waals surface area contributed by atoms with E-state index < -0.39 is 0 Å². The van der Waals surface area contributed by atoms with Crippen LogP contribution in [0.3, 0.4) is 0 Å². The standard InChI is InChI=1S/C13H24N2O2/c16-13(7-6-12-5-3-9-17-12)15-11-4-1-2-8-14-10-11/h11-12,14H,1-10H2,(H,15,16). The van der Waals surface area contributed by atoms with Crippen molar-refractivity contribution in [1.29, 1.82) is 0 Å². The Bertz CT molecular complexity index is 232. The molecule has 2 N–H and O–H groups in total. The van der Waals surface area contributed by atoms with Gasteiger partial charge in [0.15, 0.2) is 0 Å². The zero-order valence-electron chi connectivity index (χ0n) is 10.5. The molecule has 17 heavy (non-hydrogen) atoms. The lowest BCUT2D eigenvalue weighted by Crippen LogP contribution is -2.40. The number of carbonyl (C=O) groups is 1. The van der Waals surface area contributed by atoms with Crippen LogP contribution >= 0.6 is 0 Å². The molecule has 2 atom stereocenters. The number of hydrogen-bond donors (Lipinski definition) is 2. The highest BCUT2D eigenvalue weighted by Crippen LogP contribution is 2.16. The van der Waals surface area contributed by atoms with Gasteiger partial charge in [-0.1, -0.05) is 6.42 Å². The summed E-state index contributed by atoms with van der Waals surface area (Å²) >= 11 is 0. The van der Waals surface area contributed by atoms with E-state index in [4.69, 9.17) is 4.74 Å². The first-order valence-corrected chi connectivity index (χ1v) is 6.96. The monoisotopic (exact) mass is 240 g/mol. The number of nitrogens with one attached hydrogen (secondary N) is 2. The third-order valence-electron chi connectivity index (χ3n) is 3.63. The highest BCUT2D eigenvalue weighted by Gasteiger charge is 2.18. The molecule has 4 nitrogen and oxygen atoms in total. The van der Waals surface area contributed by atoms with Crippen LogP contribution in [0.15, 0.2) is 0 Å². The van der Waals surface area contributed by atoms with Crippen LogP contribution in [0.5, 0.6) is 0 Å². The van der Waals surface area contributed by atoms with Crippen LogP contribution in [0.4, 0.5) is 0 Å². The van der Waals surface area contributed by atoms with E-state index in [2.05, 4.69) is 10.6 Å². The molecule has 0 aliphatic carbocycles. The quantitative estimate of drug-likeness (QED) is 0.776. The fourth-order valence-electron chi connectivity index (χ4n) is 2.61. The van der Waals surface area contributed by atoms with Crippen LogP contribution < -0.4 is 10.6 Å². The third-order valence-corrected chi connectivity index (χ3v) is 3.63. The van der Waals surface area contributed by atoms with Crippen molar-refractivity contribution in [2.45, 2.75) is 57.1 Å². The van der Waals surface area contributed by atoms with Gasteiger partial charge >= 0.3 is 0 Å². The largest absolute Gasteiger partial charge is 0.378 e. The molecule has 0 spiro atoms. The first kappa shape index (κ1) is 12.8. The maximum absolute atomic E-state index is 11.8. The molecule has 0 aromatic heterocycles. The summed E-state index contributed by atoms with van der Waals surface area (Å²) < 4.78 is 5.52. The van der Waals surface area contributed by atoms with E-state index in [0.717, 1.165) is 45.4 Å². The normalized spacial score (nSPS) is 29.9. The lowest BCUT2D eigenvalue weighted by molar-refractivity contribution is -0.122. The Morgan fingerprint density at radius 3 is 3.06 bits per heavy atom. The van der Waals surface area contributed by atoms with Gasteiger partial charge in [0.2, 0.25) is 5.91 Å². The molecule has 0 aromatic carbocycles. The predicted molar refractivity (Wildman–Crippen MR) is 66.9 cm³/mol. The van der Waals surface area contributed by atoms with Crippen molar-refractivity contribution in [3.8, 4) is 0 Å². The summed E-state index contributed by atoms with van der Waals surface area (Å²) in [7, 11) is 0. The van der Waals surface area contributed by atoms with E-state index in [0.29, 0.717) is 18.6 Å². The Morgan fingerprint density at radius 2 is 2.24 bits per heavy atom. The molecule has 2 aliphatic heterocycles. The molecule has 2 unspecified atom stereocenters. The molecular formula is C13H24N2O2. The van der Waals surface area contributed by atoms with Gasteiger partial charge in [0.05, 0.1) is 6.10 Å². The van der Waals surface area contributed by atoms with E-state index in [1.807, 2.05) is 0 Å². The van der Waals surface area contributed by atoms with Gasteiger partial charge in [0.25, 0.3) is 0 Å². The van der Waals surface area contributed by atoms with Gasteiger partial charge in [-0.05, 0) is 38.6 Å². The summed E-state index contributed by atoms with van der Waals surface area (Å²) in [6, 6.07) is 0.328. The number of amides is 1. The minimum Gasteiger partial charge on any atom is -0.378 e. The second kappa shape index (κ2) is 6.97. The van der Waals surface area contributed by atoms with Gasteiger partial charge in [-0.2, -0.15) is 0 Å². The average Bonchev–Trinajstić information content (AvgIpc) is 2.72. The SMILES string of the molecule is O=C(CCC1CCCO1)NC1CCCCNC1. The van der Waals surface area contributed by atoms with E-state index >= 15 is 0 Å². The van der Waals surface area contributed by atoms with Gasteiger partial charge in [-0.25, -0.2) is 0 Å². The van der Waals surface area contributed by atoms with Gasteiger partial charge in [0, 0.05) is 25.6 Å². The minimum atomic E-state index is 0.189. The molecule has 0 aromatic rings. The average molecular weight is 240 g/mol. The lowest BCUT2D eigenvalue weighted by Gasteiger charge is -2.17. The lowest BCUT2D eigenvalue weighted by atomic mass is 10.1. The minimum absolute atomic E-state index is 0.189. The second-order valence-electron chi connectivity index (χ2n) is 5.14. The van der Waals surface area contributed by atoms with E-state index in [1.165, 1.54) is 12.8 Å². The van der Waals surface area contributed by atoms with Crippen molar-refractivity contribution in [2.24, 2.45) is 0 Å². The molecule has 0 saturated carbocycles. The molecular weight excluding hydrogens is 216 g/mol. The molecule has 2 fully saturated rings. The molecule has 2 heterocycles. The van der Waals surface area contributed by atoms with Crippen molar-refractivity contribution in [3.05, 3.63) is 0 Å². The zero-order valence-corrected chi connectivity index (χ0v) is 10.5. The number of ether oxygens (including phenoxy) is 1. The van der Waals surface area contributed by atoms with Crippen LogP contribution in [0, 0.1) is 0 Å². The second-order valence-corrected chi connectivity index (χ2v) is 5.14. The Morgan fingerprint density at radius 1 is 1.29 bits per heavy atom. The molecule has 2 saturated heterocycles. The number of carbonyl (C=O) groups excluding carboxylic acids is 1. The van der Waals surface area contributed by atoms with Crippen molar-refractivity contribution >= 4 is 5.91 Å². The molecule has 1 amide bonds. The van der Waals surface area contributed by atoms with Crippen LogP contribution in [0.25, 0.3) is 0 Å². The van der Waals surface area contributed by atoms with Crippen LogP contribution in [0.2, 0.25) is 0 Å². The van der Waals surface area contributed by atoms with Gasteiger partial charge in [0.1, 0.15) is 0 Å². The number of hydrogen-bond acceptors (Lipinski definition) is 3. The summed E-state index contributed by atoms with van der Waals surface area (Å²) in [4.78, 5) is 11.8. The van der Waals surface area contributed by atoms with E-state index in [9.17, 15) is 4.79 Å². The third kappa shape index (κ3) is 4.64. The fourth-order valence-corrected chi connectivity index (χ4v) is 2.61. The number of rotatable bonds is 4. The Hall–Kier alpha value is -0.610. The van der Waals surface area contributed by atoms with E-state index in [-0.39, 0.29) is 5.91 Å². The Kier molecular flexibility index (Phi) is 5.26. The summed E-state index contributed by atoms with van der Waals surface area (Å²) in [6.07, 6.45) is 7.64. The van der Waals surface area contributed by atoms with Crippen LogP contribution in [-0.4, -0.2) is 37.7 Å². The molecule has 2 aliphatic rings. The smallest absolute Gasteiger partial charge is 0.220 e. The molecule has 2 rings (SSSR count). The first-order valence-electron chi connectivity index (χ1n) is 6.96. The summed E-state index contributed by atoms with van der Waals surface area (Å²) in [5, 5.41) is 6.49. The van der Waals surface area contributed by atoms with Crippen molar-refractivity contribution in [3.63, 3.8) is 0 Å². The van der Waals surface area contributed by atoms with Crippen molar-refractivity contribution in [2.75, 3.05) is 19.7 Å². The van der Waals surface area contributed by atoms with Gasteiger partial charge < -0.3 is 15.4 Å². The Balaban J connectivity index is 1.61. The van der Waals surface area contributed by atoms with Gasteiger partial charge in [-0.3, -0.25) is 4.79 Å². The van der Waals surface area contributed by atoms with Crippen molar-refractivity contribution < 1.29 is 9.53 Å². The summed E-state index contributed by atoms with van der Waals surface area (Å²) in [5.74, 6) is 0.189. The van der Waals surface area contributed by atoms with Crippen LogP contribution in [-0.2, 0) is 9.53 Å². The maximum Gasteiger partial charge on any atom is 0.220 e. The summed E-state index contributed by atoms with van der Waals surface area (Å²) in [6.45, 7) is 2.88. The predicted octanol–water partition coefficient (Wildman–Crippen LogP) is 1.20. The molecule has 98 valence electrons. The first-order chi connectivity index (χ1) is 8.34. The maximum atomic E-state index is 11.8. The zero-order chi connectivity index (χ0) is 11.9. The summed E-state index contributed by atoms with van der Waals surface area (Å²) in [5.41, 5.74) is 0. The Labute approximate surface area is 103 Å². The molecule has 4 heteroatoms. The molecule has 0 radical (unpaired) electrons. The highest BCUT2D eigenvalue weighted by atomic mass is 16.5. The van der Waals surface area contributed by atoms with E-state index in [1.54, 1.807) is 0 Å².